The molecular weight excluding hydrogens is 360 g/mol. The molecule has 0 radical (unpaired) electrons. The van der Waals surface area contributed by atoms with Crippen LogP contribution in [0.4, 0.5) is 0 Å². The molecule has 0 unspecified atom stereocenters. The Kier molecular flexibility index (Phi) is 8.33. The Labute approximate surface area is 157 Å². The lowest BCUT2D eigenvalue weighted by molar-refractivity contribution is -0.300. The normalized spacial score (nSPS) is 37.2. The van der Waals surface area contributed by atoms with E-state index in [4.69, 9.17) is 19.7 Å². The van der Waals surface area contributed by atoms with E-state index in [1.54, 1.807) is 6.08 Å². The standard InChI is InChI=1S/C18H28O9/c19-9-13-15(23)16(24)17(25)18(27-13)26-7-3-1-2-4-11-10(8-14(21)22)5-6-12(11)20/h1-2,10-11,13,15-19,23-25H,3-9H2,(H,21,22)/b2-1+/t10-,11-,13+,15+,16-,17+,18+/m0/s1. The molecule has 9 nitrogen and oxygen atoms in total. The van der Waals surface area contributed by atoms with Crippen molar-refractivity contribution in [1.82, 2.24) is 0 Å². The Balaban J connectivity index is 1.73. The van der Waals surface area contributed by atoms with Crippen molar-refractivity contribution in [3.05, 3.63) is 12.2 Å². The van der Waals surface area contributed by atoms with Gasteiger partial charge in [-0.3, -0.25) is 9.59 Å². The van der Waals surface area contributed by atoms with E-state index in [0.717, 1.165) is 0 Å². The number of allylic oxidation sites excluding steroid dienone is 1. The molecular formula is C18H28O9. The topological polar surface area (TPSA) is 154 Å². The Morgan fingerprint density at radius 3 is 2.59 bits per heavy atom. The number of carbonyl (C=O) groups is 2. The molecule has 9 heteroatoms. The van der Waals surface area contributed by atoms with Gasteiger partial charge in [-0.2, -0.15) is 0 Å². The molecule has 1 aliphatic heterocycles. The number of aliphatic hydroxyl groups excluding tert-OH is 4. The summed E-state index contributed by atoms with van der Waals surface area (Å²) >= 11 is 0. The number of carbonyl (C=O) groups excluding carboxylic acids is 1. The first-order valence-corrected chi connectivity index (χ1v) is 9.16. The molecule has 0 amide bonds. The van der Waals surface area contributed by atoms with E-state index in [0.29, 0.717) is 25.7 Å². The van der Waals surface area contributed by atoms with Gasteiger partial charge in [-0.05, 0) is 25.2 Å². The molecule has 27 heavy (non-hydrogen) atoms. The van der Waals surface area contributed by atoms with Crippen molar-refractivity contribution in [1.29, 1.82) is 0 Å². The van der Waals surface area contributed by atoms with Crippen LogP contribution in [0.1, 0.15) is 32.1 Å². The minimum absolute atomic E-state index is 0.00443. The lowest BCUT2D eigenvalue weighted by atomic mass is 9.89. The third kappa shape index (κ3) is 5.81. The maximum atomic E-state index is 11.9. The number of hydrogen-bond donors (Lipinski definition) is 5. The van der Waals surface area contributed by atoms with E-state index >= 15 is 0 Å². The molecule has 2 rings (SSSR count). The van der Waals surface area contributed by atoms with E-state index < -0.39 is 43.3 Å². The van der Waals surface area contributed by atoms with Crippen LogP contribution in [-0.2, 0) is 19.1 Å². The predicted molar refractivity (Wildman–Crippen MR) is 91.6 cm³/mol. The van der Waals surface area contributed by atoms with Crippen molar-refractivity contribution in [2.75, 3.05) is 13.2 Å². The molecule has 7 atom stereocenters. The quantitative estimate of drug-likeness (QED) is 0.252. The third-order valence-electron chi connectivity index (χ3n) is 5.15. The summed E-state index contributed by atoms with van der Waals surface area (Å²) in [6.07, 6.45) is -0.898. The number of carboxylic acid groups (broad SMARTS) is 1. The van der Waals surface area contributed by atoms with Crippen molar-refractivity contribution < 1.29 is 44.6 Å². The fraction of sp³-hybridized carbons (Fsp3) is 0.778. The number of ketones is 1. The highest BCUT2D eigenvalue weighted by Crippen LogP contribution is 2.34. The Hall–Kier alpha value is -1.36. The van der Waals surface area contributed by atoms with Crippen LogP contribution in [-0.4, -0.2) is 81.2 Å². The fourth-order valence-corrected chi connectivity index (χ4v) is 3.59. The first kappa shape index (κ1) is 21.9. The zero-order valence-corrected chi connectivity index (χ0v) is 15.0. The van der Waals surface area contributed by atoms with Crippen molar-refractivity contribution in [2.45, 2.75) is 62.8 Å². The van der Waals surface area contributed by atoms with Gasteiger partial charge in [0.1, 0.15) is 30.2 Å². The van der Waals surface area contributed by atoms with Gasteiger partial charge in [0.25, 0.3) is 0 Å². The van der Waals surface area contributed by atoms with Gasteiger partial charge in [0.05, 0.1) is 13.2 Å². The number of carboxylic acids is 1. The molecule has 2 fully saturated rings. The molecule has 1 aliphatic carbocycles. The summed E-state index contributed by atoms with van der Waals surface area (Å²) in [4.78, 5) is 22.7. The molecule has 1 heterocycles. The van der Waals surface area contributed by atoms with Crippen molar-refractivity contribution in [3.63, 3.8) is 0 Å². The average Bonchev–Trinajstić information content (AvgIpc) is 2.96. The van der Waals surface area contributed by atoms with Crippen molar-refractivity contribution >= 4 is 11.8 Å². The number of rotatable bonds is 9. The van der Waals surface area contributed by atoms with Gasteiger partial charge in [0.2, 0.25) is 0 Å². The molecule has 0 bridgehead atoms. The average molecular weight is 388 g/mol. The predicted octanol–water partition coefficient (Wildman–Crippen LogP) is -0.791. The maximum Gasteiger partial charge on any atom is 0.303 e. The van der Waals surface area contributed by atoms with Crippen LogP contribution < -0.4 is 0 Å². The van der Waals surface area contributed by atoms with Crippen LogP contribution >= 0.6 is 0 Å². The second-order valence-corrected chi connectivity index (χ2v) is 7.03. The molecule has 154 valence electrons. The number of aliphatic carboxylic acids is 1. The number of hydrogen-bond acceptors (Lipinski definition) is 8. The number of ether oxygens (including phenoxy) is 2. The summed E-state index contributed by atoms with van der Waals surface area (Å²) in [7, 11) is 0. The largest absolute Gasteiger partial charge is 0.481 e. The van der Waals surface area contributed by atoms with E-state index in [1.807, 2.05) is 6.08 Å². The highest BCUT2D eigenvalue weighted by molar-refractivity contribution is 5.84. The molecule has 1 saturated heterocycles. The van der Waals surface area contributed by atoms with Crippen LogP contribution in [0.15, 0.2) is 12.2 Å². The lowest BCUT2D eigenvalue weighted by Gasteiger charge is -2.39. The lowest BCUT2D eigenvalue weighted by Crippen LogP contribution is -2.59. The SMILES string of the molecule is O=C(O)C[C@@H]1CCC(=O)[C@H]1C/C=C/CCO[C@@H]1O[C@H](CO)[C@@H](O)[C@H](O)[C@H]1O. The second-order valence-electron chi connectivity index (χ2n) is 7.03. The monoisotopic (exact) mass is 388 g/mol. The van der Waals surface area contributed by atoms with Gasteiger partial charge < -0.3 is 35.0 Å². The van der Waals surface area contributed by atoms with Crippen molar-refractivity contribution in [3.8, 4) is 0 Å². The Morgan fingerprint density at radius 1 is 1.19 bits per heavy atom. The highest BCUT2D eigenvalue weighted by Gasteiger charge is 2.43. The number of aliphatic hydroxyl groups is 4. The van der Waals surface area contributed by atoms with E-state index in [-0.39, 0.29) is 30.6 Å². The van der Waals surface area contributed by atoms with Gasteiger partial charge in [-0.15, -0.1) is 0 Å². The van der Waals surface area contributed by atoms with Crippen LogP contribution in [0.25, 0.3) is 0 Å². The van der Waals surface area contributed by atoms with Crippen LogP contribution in [0.2, 0.25) is 0 Å². The zero-order chi connectivity index (χ0) is 20.0. The van der Waals surface area contributed by atoms with Gasteiger partial charge in [-0.25, -0.2) is 0 Å². The molecule has 2 aliphatic rings. The first-order valence-electron chi connectivity index (χ1n) is 9.16. The van der Waals surface area contributed by atoms with Crippen LogP contribution in [0.5, 0.6) is 0 Å². The van der Waals surface area contributed by atoms with Gasteiger partial charge in [0, 0.05) is 18.8 Å². The molecule has 0 aromatic heterocycles. The van der Waals surface area contributed by atoms with Gasteiger partial charge in [-0.1, -0.05) is 12.2 Å². The minimum Gasteiger partial charge on any atom is -0.481 e. The third-order valence-corrected chi connectivity index (χ3v) is 5.15. The van der Waals surface area contributed by atoms with E-state index in [9.17, 15) is 24.9 Å². The van der Waals surface area contributed by atoms with Crippen molar-refractivity contribution in [2.24, 2.45) is 11.8 Å². The maximum absolute atomic E-state index is 11.9. The zero-order valence-electron chi connectivity index (χ0n) is 15.0. The summed E-state index contributed by atoms with van der Waals surface area (Å²) in [6, 6.07) is 0. The van der Waals surface area contributed by atoms with Crippen LogP contribution in [0.3, 0.4) is 0 Å². The Morgan fingerprint density at radius 2 is 1.93 bits per heavy atom. The second kappa shape index (κ2) is 10.3. The summed E-state index contributed by atoms with van der Waals surface area (Å²) in [5.74, 6) is -1.17. The summed E-state index contributed by atoms with van der Waals surface area (Å²) < 4.78 is 10.6. The van der Waals surface area contributed by atoms with E-state index in [1.165, 1.54) is 0 Å². The highest BCUT2D eigenvalue weighted by atomic mass is 16.7. The van der Waals surface area contributed by atoms with E-state index in [2.05, 4.69) is 0 Å². The van der Waals surface area contributed by atoms with Crippen LogP contribution in [0, 0.1) is 11.8 Å². The molecule has 5 N–H and O–H groups in total. The van der Waals surface area contributed by atoms with Gasteiger partial charge in [0.15, 0.2) is 6.29 Å². The Bertz CT molecular complexity index is 533. The molecule has 0 spiro atoms. The minimum atomic E-state index is -1.48. The summed E-state index contributed by atoms with van der Waals surface area (Å²) in [5, 5.41) is 47.3. The van der Waals surface area contributed by atoms with Gasteiger partial charge >= 0.3 is 5.97 Å². The molecule has 1 saturated carbocycles. The molecule has 0 aromatic rings. The summed E-state index contributed by atoms with van der Waals surface area (Å²) in [6.45, 7) is -0.353. The first-order chi connectivity index (χ1) is 12.8. The number of Topliss-reactive ketones (excluding diaryl/α,β-unsaturated/α-hetero) is 1. The fourth-order valence-electron chi connectivity index (χ4n) is 3.59. The smallest absolute Gasteiger partial charge is 0.303 e. The molecule has 0 aromatic carbocycles. The summed E-state index contributed by atoms with van der Waals surface area (Å²) in [5.41, 5.74) is 0.